The van der Waals surface area contributed by atoms with E-state index < -0.39 is 0 Å². The number of hydrogen-bond donors (Lipinski definition) is 1. The van der Waals surface area contributed by atoms with Gasteiger partial charge in [-0.1, -0.05) is 44.0 Å². The summed E-state index contributed by atoms with van der Waals surface area (Å²) in [5.74, 6) is 0. The molecule has 2 rings (SSSR count). The Balaban J connectivity index is 1.53. The molecule has 0 spiro atoms. The maximum absolute atomic E-state index is 3.48. The van der Waals surface area contributed by atoms with Crippen LogP contribution in [-0.4, -0.2) is 31.1 Å². The third-order valence-electron chi connectivity index (χ3n) is 4.21. The van der Waals surface area contributed by atoms with E-state index >= 15 is 0 Å². The number of rotatable bonds is 9. The van der Waals surface area contributed by atoms with Crippen molar-refractivity contribution in [2.45, 2.75) is 52.0 Å². The van der Waals surface area contributed by atoms with Crippen LogP contribution in [0.5, 0.6) is 0 Å². The van der Waals surface area contributed by atoms with Crippen LogP contribution in [0.15, 0.2) is 24.3 Å². The second kappa shape index (κ2) is 9.15. The lowest BCUT2D eigenvalue weighted by molar-refractivity contribution is 0.248. The van der Waals surface area contributed by atoms with Crippen LogP contribution in [0.2, 0.25) is 0 Å². The number of unbranched alkanes of at least 4 members (excludes halogenated alkanes) is 3. The third-order valence-corrected chi connectivity index (χ3v) is 4.21. The van der Waals surface area contributed by atoms with Crippen molar-refractivity contribution >= 4 is 0 Å². The Bertz CT molecular complexity index is 375. The van der Waals surface area contributed by atoms with Crippen LogP contribution >= 0.6 is 0 Å². The van der Waals surface area contributed by atoms with E-state index in [1.165, 1.54) is 64.7 Å². The van der Waals surface area contributed by atoms with Crippen molar-refractivity contribution < 1.29 is 0 Å². The Hall–Kier alpha value is -0.860. The lowest BCUT2D eigenvalue weighted by Gasteiger charge is -2.28. The second-order valence-corrected chi connectivity index (χ2v) is 5.96. The first kappa shape index (κ1) is 15.5. The second-order valence-electron chi connectivity index (χ2n) is 5.96. The Morgan fingerprint density at radius 2 is 1.80 bits per heavy atom. The molecule has 112 valence electrons. The number of fused-ring (bicyclic) bond motifs is 1. The van der Waals surface area contributed by atoms with Crippen molar-refractivity contribution in [3.63, 3.8) is 0 Å². The average Bonchev–Trinajstić information content (AvgIpc) is 2.50. The highest BCUT2D eigenvalue weighted by Gasteiger charge is 2.14. The number of nitrogens with one attached hydrogen (secondary N) is 1. The highest BCUT2D eigenvalue weighted by atomic mass is 15.1. The Morgan fingerprint density at radius 1 is 1.00 bits per heavy atom. The molecule has 1 heterocycles. The SMILES string of the molecule is CCCNCCCCCCN1CCc2ccccc2C1. The summed E-state index contributed by atoms with van der Waals surface area (Å²) in [5, 5.41) is 3.48. The molecule has 1 aliphatic rings. The van der Waals surface area contributed by atoms with Gasteiger partial charge in [-0.3, -0.25) is 4.90 Å². The van der Waals surface area contributed by atoms with Gasteiger partial charge in [0.05, 0.1) is 0 Å². The van der Waals surface area contributed by atoms with Gasteiger partial charge in [0, 0.05) is 13.1 Å². The lowest BCUT2D eigenvalue weighted by Crippen LogP contribution is -2.31. The van der Waals surface area contributed by atoms with Gasteiger partial charge in [0.1, 0.15) is 0 Å². The van der Waals surface area contributed by atoms with Gasteiger partial charge in [-0.25, -0.2) is 0 Å². The van der Waals surface area contributed by atoms with E-state index in [2.05, 4.69) is 41.4 Å². The summed E-state index contributed by atoms with van der Waals surface area (Å²) in [6.07, 6.45) is 7.93. The fourth-order valence-electron chi connectivity index (χ4n) is 2.99. The summed E-state index contributed by atoms with van der Waals surface area (Å²) < 4.78 is 0. The van der Waals surface area contributed by atoms with Crippen molar-refractivity contribution in [3.05, 3.63) is 35.4 Å². The fourth-order valence-corrected chi connectivity index (χ4v) is 2.99. The molecule has 0 atom stereocenters. The average molecular weight is 274 g/mol. The minimum atomic E-state index is 1.16. The van der Waals surface area contributed by atoms with Gasteiger partial charge in [0.25, 0.3) is 0 Å². The van der Waals surface area contributed by atoms with Crippen LogP contribution in [0.3, 0.4) is 0 Å². The van der Waals surface area contributed by atoms with Gasteiger partial charge >= 0.3 is 0 Å². The molecule has 0 amide bonds. The molecule has 0 radical (unpaired) electrons. The predicted molar refractivity (Wildman–Crippen MR) is 87.1 cm³/mol. The minimum Gasteiger partial charge on any atom is -0.317 e. The summed E-state index contributed by atoms with van der Waals surface area (Å²) in [6.45, 7) is 8.28. The molecule has 1 aromatic rings. The molecule has 0 bridgehead atoms. The first-order chi connectivity index (χ1) is 9.90. The molecule has 1 aliphatic heterocycles. The number of nitrogens with zero attached hydrogens (tertiary/aromatic N) is 1. The third kappa shape index (κ3) is 5.26. The van der Waals surface area contributed by atoms with Crippen LogP contribution in [0, 0.1) is 0 Å². The molecular formula is C18H30N2. The lowest BCUT2D eigenvalue weighted by atomic mass is 10.00. The van der Waals surface area contributed by atoms with Crippen LogP contribution in [0.4, 0.5) is 0 Å². The van der Waals surface area contributed by atoms with E-state index in [-0.39, 0.29) is 0 Å². The monoisotopic (exact) mass is 274 g/mol. The molecule has 20 heavy (non-hydrogen) atoms. The van der Waals surface area contributed by atoms with Gasteiger partial charge in [0.15, 0.2) is 0 Å². The van der Waals surface area contributed by atoms with E-state index in [0.717, 1.165) is 6.54 Å². The summed E-state index contributed by atoms with van der Waals surface area (Å²) >= 11 is 0. The maximum atomic E-state index is 3.48. The molecule has 0 saturated heterocycles. The topological polar surface area (TPSA) is 15.3 Å². The number of hydrogen-bond acceptors (Lipinski definition) is 2. The number of benzene rings is 1. The van der Waals surface area contributed by atoms with E-state index in [9.17, 15) is 0 Å². The highest BCUT2D eigenvalue weighted by molar-refractivity contribution is 5.28. The largest absolute Gasteiger partial charge is 0.317 e. The van der Waals surface area contributed by atoms with Crippen molar-refractivity contribution in [3.8, 4) is 0 Å². The van der Waals surface area contributed by atoms with Gasteiger partial charge < -0.3 is 5.32 Å². The van der Waals surface area contributed by atoms with Gasteiger partial charge in [-0.2, -0.15) is 0 Å². The predicted octanol–water partition coefficient (Wildman–Crippen LogP) is 3.60. The zero-order valence-corrected chi connectivity index (χ0v) is 13.0. The minimum absolute atomic E-state index is 1.16. The molecule has 0 aliphatic carbocycles. The van der Waals surface area contributed by atoms with E-state index in [1.807, 2.05) is 0 Å². The Kier molecular flexibility index (Phi) is 7.10. The maximum Gasteiger partial charge on any atom is 0.0236 e. The molecule has 1 aromatic carbocycles. The highest BCUT2D eigenvalue weighted by Crippen LogP contribution is 2.18. The quantitative estimate of drug-likeness (QED) is 0.692. The van der Waals surface area contributed by atoms with Crippen LogP contribution < -0.4 is 5.32 Å². The van der Waals surface area contributed by atoms with Gasteiger partial charge in [0.2, 0.25) is 0 Å². The van der Waals surface area contributed by atoms with Crippen LogP contribution in [-0.2, 0) is 13.0 Å². The molecule has 2 nitrogen and oxygen atoms in total. The van der Waals surface area contributed by atoms with Crippen LogP contribution in [0.25, 0.3) is 0 Å². The van der Waals surface area contributed by atoms with E-state index in [1.54, 1.807) is 11.1 Å². The summed E-state index contributed by atoms with van der Waals surface area (Å²) in [7, 11) is 0. The zero-order chi connectivity index (χ0) is 14.0. The summed E-state index contributed by atoms with van der Waals surface area (Å²) in [6, 6.07) is 8.92. The molecule has 0 saturated carbocycles. The molecule has 0 unspecified atom stereocenters. The first-order valence-corrected chi connectivity index (χ1v) is 8.40. The van der Waals surface area contributed by atoms with E-state index in [4.69, 9.17) is 0 Å². The van der Waals surface area contributed by atoms with Gasteiger partial charge in [-0.05, 0) is 56.4 Å². The molecule has 1 N–H and O–H groups in total. The molecule has 2 heteroatoms. The van der Waals surface area contributed by atoms with Crippen molar-refractivity contribution in [1.29, 1.82) is 0 Å². The fraction of sp³-hybridized carbons (Fsp3) is 0.667. The van der Waals surface area contributed by atoms with Crippen molar-refractivity contribution in [2.24, 2.45) is 0 Å². The summed E-state index contributed by atoms with van der Waals surface area (Å²) in [5.41, 5.74) is 3.10. The molecule has 0 aromatic heterocycles. The normalized spacial score (nSPS) is 15.2. The smallest absolute Gasteiger partial charge is 0.0236 e. The molecule has 0 fully saturated rings. The van der Waals surface area contributed by atoms with Crippen LogP contribution in [0.1, 0.15) is 50.2 Å². The Morgan fingerprint density at radius 3 is 2.65 bits per heavy atom. The van der Waals surface area contributed by atoms with Crippen molar-refractivity contribution in [2.75, 3.05) is 26.2 Å². The Labute approximate surface area is 124 Å². The van der Waals surface area contributed by atoms with E-state index in [0.29, 0.717) is 0 Å². The first-order valence-electron chi connectivity index (χ1n) is 8.40. The van der Waals surface area contributed by atoms with Gasteiger partial charge in [-0.15, -0.1) is 0 Å². The zero-order valence-electron chi connectivity index (χ0n) is 13.0. The standard InChI is InChI=1S/C18H30N2/c1-2-12-19-13-7-3-4-8-14-20-15-11-17-9-5-6-10-18(17)16-20/h5-6,9-10,19H,2-4,7-8,11-16H2,1H3. The molecular weight excluding hydrogens is 244 g/mol. The summed E-state index contributed by atoms with van der Waals surface area (Å²) in [4.78, 5) is 2.62. The van der Waals surface area contributed by atoms with Crippen molar-refractivity contribution in [1.82, 2.24) is 10.2 Å².